The number of hydrogen-bond acceptors (Lipinski definition) is 2. The molecule has 0 aromatic heterocycles. The highest BCUT2D eigenvalue weighted by Gasteiger charge is 2.17. The predicted octanol–water partition coefficient (Wildman–Crippen LogP) is 4.68. The van der Waals surface area contributed by atoms with Crippen LogP contribution in [0.5, 0.6) is 5.75 Å². The number of piperidine rings is 1. The van der Waals surface area contributed by atoms with Crippen molar-refractivity contribution in [3.05, 3.63) is 65.5 Å². The van der Waals surface area contributed by atoms with Gasteiger partial charge in [-0.3, -0.25) is 0 Å². The second kappa shape index (κ2) is 8.29. The highest BCUT2D eigenvalue weighted by atomic mass is 19.1. The van der Waals surface area contributed by atoms with Crippen molar-refractivity contribution in [1.29, 1.82) is 0 Å². The van der Waals surface area contributed by atoms with Gasteiger partial charge in [-0.2, -0.15) is 0 Å². The summed E-state index contributed by atoms with van der Waals surface area (Å²) in [5, 5.41) is 0. The van der Waals surface area contributed by atoms with Crippen molar-refractivity contribution in [3.8, 4) is 5.75 Å². The smallest absolute Gasteiger partial charge is 0.126 e. The minimum absolute atomic E-state index is 0.235. The lowest BCUT2D eigenvalue weighted by molar-refractivity contribution is 0.212. The van der Waals surface area contributed by atoms with Crippen molar-refractivity contribution in [2.24, 2.45) is 5.92 Å². The first-order valence-corrected chi connectivity index (χ1v) is 8.84. The van der Waals surface area contributed by atoms with Crippen LogP contribution in [-0.4, -0.2) is 25.0 Å². The van der Waals surface area contributed by atoms with Gasteiger partial charge in [-0.05, 0) is 68.9 Å². The lowest BCUT2D eigenvalue weighted by Gasteiger charge is -2.29. The van der Waals surface area contributed by atoms with E-state index < -0.39 is 0 Å². The van der Waals surface area contributed by atoms with Crippen LogP contribution in [0, 0.1) is 11.7 Å². The molecule has 0 amide bonds. The Kier molecular flexibility index (Phi) is 5.86. The van der Waals surface area contributed by atoms with Gasteiger partial charge in [0.05, 0.1) is 0 Å². The summed E-state index contributed by atoms with van der Waals surface area (Å²) >= 11 is 0. The van der Waals surface area contributed by atoms with Crippen LogP contribution in [0.1, 0.15) is 30.4 Å². The Labute approximate surface area is 144 Å². The van der Waals surface area contributed by atoms with E-state index in [1.165, 1.54) is 32.0 Å². The average molecular weight is 327 g/mol. The molecule has 0 radical (unpaired) electrons. The summed E-state index contributed by atoms with van der Waals surface area (Å²) in [6, 6.07) is 15.0. The second-order valence-electron chi connectivity index (χ2n) is 6.81. The summed E-state index contributed by atoms with van der Waals surface area (Å²) in [7, 11) is 2.19. The van der Waals surface area contributed by atoms with E-state index in [0.29, 0.717) is 12.4 Å². The number of nitrogens with zero attached hydrogens (tertiary/aromatic N) is 1. The number of benzene rings is 2. The molecule has 3 heteroatoms. The van der Waals surface area contributed by atoms with Gasteiger partial charge >= 0.3 is 0 Å². The Morgan fingerprint density at radius 1 is 1.08 bits per heavy atom. The lowest BCUT2D eigenvalue weighted by Crippen LogP contribution is -2.30. The first-order valence-electron chi connectivity index (χ1n) is 8.84. The van der Waals surface area contributed by atoms with Crippen LogP contribution in [0.2, 0.25) is 0 Å². The molecule has 2 aromatic rings. The monoisotopic (exact) mass is 327 g/mol. The van der Waals surface area contributed by atoms with Crippen LogP contribution in [0.25, 0.3) is 0 Å². The van der Waals surface area contributed by atoms with Crippen molar-refractivity contribution in [2.75, 3.05) is 20.1 Å². The molecule has 2 nitrogen and oxygen atoms in total. The molecule has 0 bridgehead atoms. The van der Waals surface area contributed by atoms with E-state index in [0.717, 1.165) is 29.9 Å². The molecular weight excluding hydrogens is 301 g/mol. The normalized spacial score (nSPS) is 16.2. The van der Waals surface area contributed by atoms with Gasteiger partial charge in [0.1, 0.15) is 18.2 Å². The SMILES string of the molecule is CN1CCC(CCc2ccc(F)cc2OCc2ccccc2)CC1. The number of aryl methyl sites for hydroxylation is 1. The van der Waals surface area contributed by atoms with Gasteiger partial charge in [0, 0.05) is 6.07 Å². The molecule has 0 N–H and O–H groups in total. The van der Waals surface area contributed by atoms with Gasteiger partial charge in [-0.1, -0.05) is 36.4 Å². The van der Waals surface area contributed by atoms with Crippen LogP contribution in [0.4, 0.5) is 4.39 Å². The molecule has 128 valence electrons. The molecule has 3 rings (SSSR count). The molecule has 24 heavy (non-hydrogen) atoms. The fourth-order valence-electron chi connectivity index (χ4n) is 3.31. The van der Waals surface area contributed by atoms with E-state index in [1.54, 1.807) is 6.07 Å². The Morgan fingerprint density at radius 2 is 1.83 bits per heavy atom. The van der Waals surface area contributed by atoms with E-state index >= 15 is 0 Å². The largest absolute Gasteiger partial charge is 0.489 e. The minimum Gasteiger partial charge on any atom is -0.489 e. The van der Waals surface area contributed by atoms with E-state index in [9.17, 15) is 4.39 Å². The lowest BCUT2D eigenvalue weighted by atomic mass is 9.90. The van der Waals surface area contributed by atoms with Gasteiger partial charge in [-0.15, -0.1) is 0 Å². The number of likely N-dealkylation sites (tertiary alicyclic amines) is 1. The van der Waals surface area contributed by atoms with Crippen molar-refractivity contribution in [1.82, 2.24) is 4.90 Å². The second-order valence-corrected chi connectivity index (χ2v) is 6.81. The number of ether oxygens (including phenoxy) is 1. The highest BCUT2D eigenvalue weighted by Crippen LogP contribution is 2.27. The summed E-state index contributed by atoms with van der Waals surface area (Å²) in [5.41, 5.74) is 2.22. The predicted molar refractivity (Wildman–Crippen MR) is 95.7 cm³/mol. The highest BCUT2D eigenvalue weighted by molar-refractivity contribution is 5.34. The standard InChI is InChI=1S/C21H26FNO/c1-23-13-11-17(12-14-23)7-8-19-9-10-20(22)15-21(19)24-16-18-5-3-2-4-6-18/h2-6,9-10,15,17H,7-8,11-14,16H2,1H3. The van der Waals surface area contributed by atoms with E-state index in [-0.39, 0.29) is 5.82 Å². The Hall–Kier alpha value is -1.87. The zero-order valence-electron chi connectivity index (χ0n) is 14.4. The molecule has 0 saturated carbocycles. The van der Waals surface area contributed by atoms with Crippen molar-refractivity contribution >= 4 is 0 Å². The summed E-state index contributed by atoms with van der Waals surface area (Å²) < 4.78 is 19.5. The van der Waals surface area contributed by atoms with Crippen LogP contribution >= 0.6 is 0 Å². The Morgan fingerprint density at radius 3 is 2.58 bits per heavy atom. The topological polar surface area (TPSA) is 12.5 Å². The van der Waals surface area contributed by atoms with Crippen LogP contribution < -0.4 is 4.74 Å². The molecular formula is C21H26FNO. The van der Waals surface area contributed by atoms with Gasteiger partial charge in [0.15, 0.2) is 0 Å². The molecule has 1 saturated heterocycles. The number of hydrogen-bond donors (Lipinski definition) is 0. The maximum Gasteiger partial charge on any atom is 0.126 e. The van der Waals surface area contributed by atoms with Gasteiger partial charge in [-0.25, -0.2) is 4.39 Å². The molecule has 1 aliphatic heterocycles. The van der Waals surface area contributed by atoms with Gasteiger partial charge < -0.3 is 9.64 Å². The third kappa shape index (κ3) is 4.81. The third-order valence-electron chi connectivity index (χ3n) is 4.93. The average Bonchev–Trinajstić information content (AvgIpc) is 2.61. The molecule has 0 spiro atoms. The molecule has 1 aliphatic rings. The van der Waals surface area contributed by atoms with Crippen LogP contribution in [0.3, 0.4) is 0 Å². The minimum atomic E-state index is -0.235. The summed E-state index contributed by atoms with van der Waals surface area (Å²) in [6.07, 6.45) is 4.63. The molecule has 0 aliphatic carbocycles. The van der Waals surface area contributed by atoms with Crippen molar-refractivity contribution < 1.29 is 9.13 Å². The Bertz CT molecular complexity index is 636. The van der Waals surface area contributed by atoms with Crippen molar-refractivity contribution in [3.63, 3.8) is 0 Å². The molecule has 0 unspecified atom stereocenters. The summed E-state index contributed by atoms with van der Waals surface area (Å²) in [6.45, 7) is 2.85. The zero-order chi connectivity index (χ0) is 16.8. The van der Waals surface area contributed by atoms with E-state index in [2.05, 4.69) is 11.9 Å². The van der Waals surface area contributed by atoms with Crippen LogP contribution in [0.15, 0.2) is 48.5 Å². The fourth-order valence-corrected chi connectivity index (χ4v) is 3.31. The maximum atomic E-state index is 13.6. The fraction of sp³-hybridized carbons (Fsp3) is 0.429. The van der Waals surface area contributed by atoms with Gasteiger partial charge in [0.25, 0.3) is 0 Å². The first-order chi connectivity index (χ1) is 11.7. The van der Waals surface area contributed by atoms with Crippen LogP contribution in [-0.2, 0) is 13.0 Å². The third-order valence-corrected chi connectivity index (χ3v) is 4.93. The van der Waals surface area contributed by atoms with Gasteiger partial charge in [0.2, 0.25) is 0 Å². The number of rotatable bonds is 6. The summed E-state index contributed by atoms with van der Waals surface area (Å²) in [5.74, 6) is 1.22. The molecule has 0 atom stereocenters. The first kappa shape index (κ1) is 17.0. The molecule has 1 heterocycles. The maximum absolute atomic E-state index is 13.6. The quantitative estimate of drug-likeness (QED) is 0.764. The molecule has 2 aromatic carbocycles. The summed E-state index contributed by atoms with van der Waals surface area (Å²) in [4.78, 5) is 2.39. The zero-order valence-corrected chi connectivity index (χ0v) is 14.4. The number of halogens is 1. The van der Waals surface area contributed by atoms with Crippen molar-refractivity contribution in [2.45, 2.75) is 32.3 Å². The Balaban J connectivity index is 1.60. The van der Waals surface area contributed by atoms with E-state index in [1.807, 2.05) is 36.4 Å². The van der Waals surface area contributed by atoms with E-state index in [4.69, 9.17) is 4.74 Å². The molecule has 1 fully saturated rings.